The van der Waals surface area contributed by atoms with E-state index in [-0.39, 0.29) is 0 Å². The summed E-state index contributed by atoms with van der Waals surface area (Å²) in [6.07, 6.45) is 8.10. The topological polar surface area (TPSA) is 25.5 Å². The molecule has 200 valence electrons. The van der Waals surface area contributed by atoms with E-state index in [0.29, 0.717) is 0 Å². The number of nitrogens with zero attached hydrogens (tertiary/aromatic N) is 3. The second-order valence-electron chi connectivity index (χ2n) is 10.2. The summed E-state index contributed by atoms with van der Waals surface area (Å²) < 4.78 is 0. The molecule has 2 heterocycles. The SMILES string of the molecule is C=C(C)CCCCCCN(C(=C)CN1CCN(C)CC1)c1ccc(-c2ccc3cc[nH]c3c2)cc1.CC. The molecule has 4 nitrogen and oxygen atoms in total. The van der Waals surface area contributed by atoms with Crippen molar-refractivity contribution in [3.8, 4) is 11.1 Å². The number of likely N-dealkylation sites (N-methyl/N-ethyl adjacent to an activating group) is 1. The van der Waals surface area contributed by atoms with Crippen LogP contribution in [0.5, 0.6) is 0 Å². The predicted molar refractivity (Wildman–Crippen MR) is 163 cm³/mol. The fourth-order valence-corrected chi connectivity index (χ4v) is 4.93. The molecule has 1 aromatic heterocycles. The van der Waals surface area contributed by atoms with Crippen LogP contribution >= 0.6 is 0 Å². The van der Waals surface area contributed by atoms with Crippen molar-refractivity contribution in [3.63, 3.8) is 0 Å². The normalized spacial score (nSPS) is 14.3. The number of piperazine rings is 1. The Balaban J connectivity index is 0.00000186. The first-order valence-corrected chi connectivity index (χ1v) is 14.2. The summed E-state index contributed by atoms with van der Waals surface area (Å²) in [5.74, 6) is 0. The van der Waals surface area contributed by atoms with Crippen molar-refractivity contribution < 1.29 is 0 Å². The van der Waals surface area contributed by atoms with Crippen LogP contribution in [0.3, 0.4) is 0 Å². The zero-order chi connectivity index (χ0) is 26.6. The molecule has 0 unspecified atom stereocenters. The van der Waals surface area contributed by atoms with Crippen LogP contribution in [-0.4, -0.2) is 61.1 Å². The van der Waals surface area contributed by atoms with Gasteiger partial charge in [-0.2, -0.15) is 0 Å². The first kappa shape index (κ1) is 28.7. The third kappa shape index (κ3) is 8.62. The van der Waals surface area contributed by atoms with Crippen LogP contribution < -0.4 is 4.90 Å². The van der Waals surface area contributed by atoms with Crippen LogP contribution in [-0.2, 0) is 0 Å². The monoisotopic (exact) mass is 500 g/mol. The van der Waals surface area contributed by atoms with Crippen LogP contribution in [0, 0.1) is 0 Å². The van der Waals surface area contributed by atoms with Crippen molar-refractivity contribution in [3.05, 3.63) is 79.2 Å². The lowest BCUT2D eigenvalue weighted by atomic mass is 10.0. The van der Waals surface area contributed by atoms with Gasteiger partial charge in [0.1, 0.15) is 0 Å². The Kier molecular flexibility index (Phi) is 11.5. The van der Waals surface area contributed by atoms with Crippen molar-refractivity contribution in [1.29, 1.82) is 0 Å². The fraction of sp³-hybridized carbons (Fsp3) is 0.455. The molecule has 1 N–H and O–H groups in total. The van der Waals surface area contributed by atoms with E-state index in [9.17, 15) is 0 Å². The molecule has 1 fully saturated rings. The summed E-state index contributed by atoms with van der Waals surface area (Å²) in [6, 6.07) is 17.8. The number of aromatic amines is 1. The second-order valence-corrected chi connectivity index (χ2v) is 10.2. The molecule has 37 heavy (non-hydrogen) atoms. The van der Waals surface area contributed by atoms with Crippen molar-refractivity contribution in [2.75, 3.05) is 51.2 Å². The molecule has 1 aliphatic heterocycles. The average Bonchev–Trinajstić information content (AvgIpc) is 3.39. The van der Waals surface area contributed by atoms with Crippen LogP contribution in [0.1, 0.15) is 52.9 Å². The molecule has 0 aliphatic carbocycles. The minimum absolute atomic E-state index is 0.939. The third-order valence-electron chi connectivity index (χ3n) is 7.19. The van der Waals surface area contributed by atoms with Gasteiger partial charge in [0.25, 0.3) is 0 Å². The summed E-state index contributed by atoms with van der Waals surface area (Å²) in [5, 5.41) is 1.25. The van der Waals surface area contributed by atoms with Gasteiger partial charge in [0.15, 0.2) is 0 Å². The molecule has 0 saturated carbocycles. The molecule has 4 heteroatoms. The van der Waals surface area contributed by atoms with E-state index in [1.807, 2.05) is 20.0 Å². The zero-order valence-corrected chi connectivity index (χ0v) is 23.7. The van der Waals surface area contributed by atoms with Gasteiger partial charge >= 0.3 is 0 Å². The van der Waals surface area contributed by atoms with E-state index in [1.165, 1.54) is 64.7 Å². The molecule has 0 radical (unpaired) electrons. The van der Waals surface area contributed by atoms with E-state index in [4.69, 9.17) is 0 Å². The summed E-state index contributed by atoms with van der Waals surface area (Å²) in [5.41, 5.74) is 7.41. The van der Waals surface area contributed by atoms with Crippen LogP contribution in [0.15, 0.2) is 79.2 Å². The van der Waals surface area contributed by atoms with E-state index < -0.39 is 0 Å². The van der Waals surface area contributed by atoms with Gasteiger partial charge in [0, 0.05) is 62.4 Å². The van der Waals surface area contributed by atoms with Gasteiger partial charge in [-0.15, -0.1) is 6.58 Å². The number of benzene rings is 2. The fourth-order valence-electron chi connectivity index (χ4n) is 4.93. The molecular weight excluding hydrogens is 452 g/mol. The number of aromatic nitrogens is 1. The van der Waals surface area contributed by atoms with E-state index in [1.54, 1.807) is 0 Å². The highest BCUT2D eigenvalue weighted by Crippen LogP contribution is 2.28. The molecule has 4 rings (SSSR count). The molecule has 3 aromatic rings. The maximum Gasteiger partial charge on any atom is 0.0460 e. The van der Waals surface area contributed by atoms with Crippen molar-refractivity contribution in [2.45, 2.75) is 52.9 Å². The third-order valence-corrected chi connectivity index (χ3v) is 7.19. The number of unbranched alkanes of at least 4 members (excludes halogenated alkanes) is 3. The standard InChI is InChI=1S/C31H42N4.C2H6/c1-25(2)9-7-5-6-8-18-35(26(3)24-34-21-19-33(4)20-22-34)30-14-12-27(13-15-30)29-11-10-28-16-17-32-31(28)23-29;1-2/h10-17,23,32H,1,3,5-9,18-22,24H2,2,4H3;1-2H3. The second kappa shape index (κ2) is 14.8. The minimum Gasteiger partial charge on any atom is -0.361 e. The van der Waals surface area contributed by atoms with Gasteiger partial charge in [0.05, 0.1) is 0 Å². The van der Waals surface area contributed by atoms with Gasteiger partial charge in [0.2, 0.25) is 0 Å². The smallest absolute Gasteiger partial charge is 0.0460 e. The van der Waals surface area contributed by atoms with E-state index >= 15 is 0 Å². The predicted octanol–water partition coefficient (Wildman–Crippen LogP) is 7.96. The number of nitrogens with one attached hydrogen (secondary N) is 1. The van der Waals surface area contributed by atoms with Crippen molar-refractivity contribution in [1.82, 2.24) is 14.8 Å². The Morgan fingerprint density at radius 2 is 1.54 bits per heavy atom. The average molecular weight is 501 g/mol. The van der Waals surface area contributed by atoms with Crippen LogP contribution in [0.2, 0.25) is 0 Å². The first-order valence-electron chi connectivity index (χ1n) is 14.2. The van der Waals surface area contributed by atoms with Crippen LogP contribution in [0.4, 0.5) is 5.69 Å². The molecule has 0 atom stereocenters. The summed E-state index contributed by atoms with van der Waals surface area (Å²) in [4.78, 5) is 10.7. The van der Waals surface area contributed by atoms with Gasteiger partial charge in [-0.1, -0.05) is 63.1 Å². The zero-order valence-electron chi connectivity index (χ0n) is 23.7. The summed E-state index contributed by atoms with van der Waals surface area (Å²) in [6.45, 7) is 21.2. The molecular formula is C33H48N4. The van der Waals surface area contributed by atoms with Gasteiger partial charge in [-0.3, -0.25) is 4.90 Å². The lowest BCUT2D eigenvalue weighted by Gasteiger charge is -2.35. The highest BCUT2D eigenvalue weighted by atomic mass is 15.3. The summed E-state index contributed by atoms with van der Waals surface area (Å²) >= 11 is 0. The Labute approximate surface area is 225 Å². The quantitative estimate of drug-likeness (QED) is 0.202. The maximum atomic E-state index is 4.55. The Hall–Kier alpha value is -2.82. The van der Waals surface area contributed by atoms with E-state index in [0.717, 1.165) is 45.7 Å². The van der Waals surface area contributed by atoms with Crippen molar-refractivity contribution >= 4 is 16.6 Å². The molecule has 1 saturated heterocycles. The number of fused-ring (bicyclic) bond motifs is 1. The molecule has 1 aliphatic rings. The number of hydrogen-bond donors (Lipinski definition) is 1. The summed E-state index contributed by atoms with van der Waals surface area (Å²) in [7, 11) is 2.21. The molecule has 2 aromatic carbocycles. The van der Waals surface area contributed by atoms with Gasteiger partial charge < -0.3 is 14.8 Å². The Bertz CT molecular complexity index is 1100. The Morgan fingerprint density at radius 1 is 0.865 bits per heavy atom. The highest BCUT2D eigenvalue weighted by molar-refractivity contribution is 5.85. The van der Waals surface area contributed by atoms with Crippen LogP contribution in [0.25, 0.3) is 22.0 Å². The first-order chi connectivity index (χ1) is 18.0. The van der Waals surface area contributed by atoms with E-state index in [2.05, 4.69) is 95.3 Å². The number of hydrogen-bond acceptors (Lipinski definition) is 3. The lowest BCUT2D eigenvalue weighted by Crippen LogP contribution is -2.46. The molecule has 0 bridgehead atoms. The molecule has 0 amide bonds. The largest absolute Gasteiger partial charge is 0.361 e. The number of allylic oxidation sites excluding steroid dienone is 1. The highest BCUT2D eigenvalue weighted by Gasteiger charge is 2.18. The van der Waals surface area contributed by atoms with Crippen molar-refractivity contribution in [2.24, 2.45) is 0 Å². The van der Waals surface area contributed by atoms with Gasteiger partial charge in [-0.25, -0.2) is 0 Å². The number of H-pyrrole nitrogens is 1. The minimum atomic E-state index is 0.939. The Morgan fingerprint density at radius 3 is 2.24 bits per heavy atom. The number of anilines is 1. The van der Waals surface area contributed by atoms with Gasteiger partial charge in [-0.05, 0) is 74.0 Å². The lowest BCUT2D eigenvalue weighted by molar-refractivity contribution is 0.163. The number of rotatable bonds is 12. The molecule has 0 spiro atoms. The maximum absolute atomic E-state index is 4.55.